The van der Waals surface area contributed by atoms with Gasteiger partial charge in [0.25, 0.3) is 11.8 Å². The summed E-state index contributed by atoms with van der Waals surface area (Å²) in [5.74, 6) is -0.930. The first kappa shape index (κ1) is 19.2. The molecule has 1 aliphatic heterocycles. The first-order valence-corrected chi connectivity index (χ1v) is 9.83. The maximum Gasteiger partial charge on any atom is 0.289 e. The van der Waals surface area contributed by atoms with Crippen LogP contribution >= 0.6 is 11.3 Å². The number of piperidine rings is 1. The number of carbonyl (C=O) groups is 3. The molecule has 2 aromatic heterocycles. The molecule has 2 aromatic rings. The molecule has 1 aliphatic rings. The molecule has 0 aromatic carbocycles. The van der Waals surface area contributed by atoms with E-state index >= 15 is 0 Å². The molecule has 7 nitrogen and oxygen atoms in total. The Kier molecular flexibility index (Phi) is 5.95. The average Bonchev–Trinajstić information content (AvgIpc) is 3.35. The van der Waals surface area contributed by atoms with Crippen molar-refractivity contribution in [1.29, 1.82) is 0 Å². The lowest BCUT2D eigenvalue weighted by molar-refractivity contribution is -0.127. The Morgan fingerprint density at radius 3 is 2.81 bits per heavy atom. The van der Waals surface area contributed by atoms with Crippen molar-refractivity contribution in [3.05, 3.63) is 45.5 Å². The molecule has 27 heavy (non-hydrogen) atoms. The minimum absolute atomic E-state index is 0.220. The van der Waals surface area contributed by atoms with Crippen molar-refractivity contribution >= 4 is 29.1 Å². The van der Waals surface area contributed by atoms with Gasteiger partial charge in [-0.2, -0.15) is 0 Å². The zero-order valence-corrected chi connectivity index (χ0v) is 16.2. The van der Waals surface area contributed by atoms with E-state index in [4.69, 9.17) is 4.42 Å². The summed E-state index contributed by atoms with van der Waals surface area (Å²) in [7, 11) is 0. The van der Waals surface area contributed by atoms with Crippen LogP contribution in [0.25, 0.3) is 0 Å². The molecule has 8 heteroatoms. The lowest BCUT2D eigenvalue weighted by Gasteiger charge is -2.31. The van der Waals surface area contributed by atoms with Gasteiger partial charge in [-0.25, -0.2) is 0 Å². The first-order valence-electron chi connectivity index (χ1n) is 9.02. The Morgan fingerprint density at radius 2 is 2.15 bits per heavy atom. The molecule has 144 valence electrons. The summed E-state index contributed by atoms with van der Waals surface area (Å²) in [5, 5.41) is 0. The summed E-state index contributed by atoms with van der Waals surface area (Å²) in [6.07, 6.45) is 3.72. The van der Waals surface area contributed by atoms with Crippen LogP contribution < -0.4 is 10.9 Å². The van der Waals surface area contributed by atoms with Crippen LogP contribution in [0.3, 0.4) is 0 Å². The van der Waals surface area contributed by atoms with Crippen LogP contribution in [-0.4, -0.2) is 35.7 Å². The number of thiophene rings is 1. The van der Waals surface area contributed by atoms with E-state index in [-0.39, 0.29) is 29.4 Å². The minimum atomic E-state index is -0.366. The smallest absolute Gasteiger partial charge is 0.289 e. The second-order valence-corrected chi connectivity index (χ2v) is 7.72. The largest absolute Gasteiger partial charge is 0.459 e. The number of carbonyl (C=O) groups excluding carboxylic acids is 3. The predicted molar refractivity (Wildman–Crippen MR) is 101 cm³/mol. The molecule has 1 atom stereocenters. The SMILES string of the molecule is CCc1sc(C(=O)NNC(=O)C2CCCN(C(=O)c3ccco3)C2)cc1C. The predicted octanol–water partition coefficient (Wildman–Crippen LogP) is 2.53. The van der Waals surface area contributed by atoms with Crippen molar-refractivity contribution in [2.24, 2.45) is 5.92 Å². The van der Waals surface area contributed by atoms with Crippen molar-refractivity contribution < 1.29 is 18.8 Å². The van der Waals surface area contributed by atoms with E-state index in [0.29, 0.717) is 24.4 Å². The summed E-state index contributed by atoms with van der Waals surface area (Å²) in [4.78, 5) is 40.4. The molecular weight excluding hydrogens is 366 g/mol. The number of nitrogens with one attached hydrogen (secondary N) is 2. The summed E-state index contributed by atoms with van der Waals surface area (Å²) >= 11 is 1.43. The summed E-state index contributed by atoms with van der Waals surface area (Å²) in [6, 6.07) is 5.10. The third kappa shape index (κ3) is 4.39. The maximum atomic E-state index is 12.4. The number of aryl methyl sites for hydroxylation is 2. The van der Waals surface area contributed by atoms with Crippen molar-refractivity contribution in [3.63, 3.8) is 0 Å². The first-order chi connectivity index (χ1) is 13.0. The molecule has 1 unspecified atom stereocenters. The van der Waals surface area contributed by atoms with Gasteiger partial charge in [0.05, 0.1) is 17.1 Å². The number of furan rings is 1. The van der Waals surface area contributed by atoms with E-state index < -0.39 is 0 Å². The molecule has 3 amide bonds. The number of rotatable bonds is 4. The van der Waals surface area contributed by atoms with Gasteiger partial charge in [-0.3, -0.25) is 25.2 Å². The fourth-order valence-electron chi connectivity index (χ4n) is 3.20. The van der Waals surface area contributed by atoms with Crippen LogP contribution in [-0.2, 0) is 11.2 Å². The van der Waals surface area contributed by atoms with E-state index in [1.807, 2.05) is 19.9 Å². The number of hydrogen-bond acceptors (Lipinski definition) is 5. The molecule has 2 N–H and O–H groups in total. The average molecular weight is 389 g/mol. The van der Waals surface area contributed by atoms with E-state index in [1.165, 1.54) is 17.6 Å². The third-order valence-electron chi connectivity index (χ3n) is 4.68. The maximum absolute atomic E-state index is 12.4. The zero-order chi connectivity index (χ0) is 19.4. The van der Waals surface area contributed by atoms with E-state index in [9.17, 15) is 14.4 Å². The van der Waals surface area contributed by atoms with Crippen LogP contribution in [0.5, 0.6) is 0 Å². The quantitative estimate of drug-likeness (QED) is 0.786. The Labute approximate surface area is 161 Å². The van der Waals surface area contributed by atoms with Gasteiger partial charge in [-0.05, 0) is 49.9 Å². The molecule has 1 fully saturated rings. The highest BCUT2D eigenvalue weighted by Gasteiger charge is 2.30. The monoisotopic (exact) mass is 389 g/mol. The fourth-order valence-corrected chi connectivity index (χ4v) is 4.21. The van der Waals surface area contributed by atoms with Gasteiger partial charge in [-0.1, -0.05) is 6.92 Å². The minimum Gasteiger partial charge on any atom is -0.459 e. The standard InChI is InChI=1S/C19H23N3O4S/c1-3-15-12(2)10-16(27-15)18(24)21-20-17(23)13-6-4-8-22(11-13)19(25)14-7-5-9-26-14/h5,7,9-10,13H,3-4,6,8,11H2,1-2H3,(H,20,23)(H,21,24). The Bertz CT molecular complexity index is 828. The molecule has 0 bridgehead atoms. The van der Waals surface area contributed by atoms with E-state index in [0.717, 1.165) is 23.3 Å². The van der Waals surface area contributed by atoms with Crippen molar-refractivity contribution in [3.8, 4) is 0 Å². The van der Waals surface area contributed by atoms with Crippen LogP contribution in [0.4, 0.5) is 0 Å². The summed E-state index contributed by atoms with van der Waals surface area (Å²) in [6.45, 7) is 4.90. The second-order valence-electron chi connectivity index (χ2n) is 6.58. The lowest BCUT2D eigenvalue weighted by Crippen LogP contribution is -2.49. The lowest BCUT2D eigenvalue weighted by atomic mass is 9.97. The highest BCUT2D eigenvalue weighted by molar-refractivity contribution is 7.14. The second kappa shape index (κ2) is 8.39. The molecule has 3 rings (SSSR count). The molecule has 1 saturated heterocycles. The molecule has 3 heterocycles. The molecule has 0 radical (unpaired) electrons. The van der Waals surface area contributed by atoms with Gasteiger partial charge in [0.15, 0.2) is 5.76 Å². The van der Waals surface area contributed by atoms with Gasteiger partial charge >= 0.3 is 0 Å². The van der Waals surface area contributed by atoms with Crippen molar-refractivity contribution in [2.75, 3.05) is 13.1 Å². The van der Waals surface area contributed by atoms with Crippen LogP contribution in [0, 0.1) is 12.8 Å². The van der Waals surface area contributed by atoms with E-state index in [1.54, 1.807) is 17.0 Å². The highest BCUT2D eigenvalue weighted by atomic mass is 32.1. The Hall–Kier alpha value is -2.61. The molecule has 0 spiro atoms. The van der Waals surface area contributed by atoms with Crippen molar-refractivity contribution in [1.82, 2.24) is 15.8 Å². The van der Waals surface area contributed by atoms with Gasteiger partial charge in [-0.15, -0.1) is 11.3 Å². The van der Waals surface area contributed by atoms with Gasteiger partial charge in [0.1, 0.15) is 0 Å². The highest BCUT2D eigenvalue weighted by Crippen LogP contribution is 2.22. The van der Waals surface area contributed by atoms with Crippen LogP contribution in [0.2, 0.25) is 0 Å². The zero-order valence-electron chi connectivity index (χ0n) is 15.4. The number of hydrazine groups is 1. The summed E-state index contributed by atoms with van der Waals surface area (Å²) < 4.78 is 5.15. The van der Waals surface area contributed by atoms with Gasteiger partial charge in [0.2, 0.25) is 5.91 Å². The molecule has 0 aliphatic carbocycles. The number of amides is 3. The topological polar surface area (TPSA) is 91.7 Å². The Balaban J connectivity index is 1.54. The van der Waals surface area contributed by atoms with E-state index in [2.05, 4.69) is 10.9 Å². The van der Waals surface area contributed by atoms with Gasteiger partial charge in [0, 0.05) is 18.0 Å². The third-order valence-corrected chi connectivity index (χ3v) is 6.06. The van der Waals surface area contributed by atoms with Crippen LogP contribution in [0.1, 0.15) is 50.4 Å². The molecule has 0 saturated carbocycles. The number of likely N-dealkylation sites (tertiary alicyclic amines) is 1. The molecular formula is C19H23N3O4S. The van der Waals surface area contributed by atoms with Crippen LogP contribution in [0.15, 0.2) is 28.9 Å². The fraction of sp³-hybridized carbons (Fsp3) is 0.421. The van der Waals surface area contributed by atoms with Gasteiger partial charge < -0.3 is 9.32 Å². The number of nitrogens with zero attached hydrogens (tertiary/aromatic N) is 1. The summed E-state index contributed by atoms with van der Waals surface area (Å²) in [5.41, 5.74) is 6.06. The number of hydrogen-bond donors (Lipinski definition) is 2. The Morgan fingerprint density at radius 1 is 1.33 bits per heavy atom. The normalized spacial score (nSPS) is 16.8. The van der Waals surface area contributed by atoms with Crippen molar-refractivity contribution in [2.45, 2.75) is 33.1 Å².